The lowest BCUT2D eigenvalue weighted by Crippen LogP contribution is -2.36. The second-order valence-corrected chi connectivity index (χ2v) is 5.83. The number of benzene rings is 1. The molecule has 1 aromatic carbocycles. The number of thiocarbonyl (C=S) groups is 1. The number of hydrogen-bond acceptors (Lipinski definition) is 5. The van der Waals surface area contributed by atoms with Crippen LogP contribution in [0.2, 0.25) is 0 Å². The summed E-state index contributed by atoms with van der Waals surface area (Å²) in [5, 5.41) is 10.0. The molecule has 118 valence electrons. The lowest BCUT2D eigenvalue weighted by molar-refractivity contribution is 0.0745. The fourth-order valence-corrected chi connectivity index (χ4v) is 2.03. The van der Waals surface area contributed by atoms with Crippen LogP contribution in [0.15, 0.2) is 24.3 Å². The van der Waals surface area contributed by atoms with E-state index in [0.29, 0.717) is 22.8 Å². The smallest absolute Gasteiger partial charge is 0.129 e. The van der Waals surface area contributed by atoms with Crippen molar-refractivity contribution in [3.63, 3.8) is 0 Å². The van der Waals surface area contributed by atoms with Crippen LogP contribution in [0.3, 0.4) is 0 Å². The molecule has 5 nitrogen and oxygen atoms in total. The number of hydrogen-bond donors (Lipinski definition) is 2. The molecule has 0 amide bonds. The summed E-state index contributed by atoms with van der Waals surface area (Å²) in [7, 11) is 6.04. The Morgan fingerprint density at radius 3 is 2.57 bits per heavy atom. The van der Waals surface area contributed by atoms with Crippen LogP contribution in [0.25, 0.3) is 0 Å². The Hall–Kier alpha value is -1.21. The Balaban J connectivity index is 2.43. The van der Waals surface area contributed by atoms with E-state index in [9.17, 15) is 5.11 Å². The quantitative estimate of drug-likeness (QED) is 0.650. The van der Waals surface area contributed by atoms with Crippen molar-refractivity contribution in [3.05, 3.63) is 29.8 Å². The minimum absolute atomic E-state index is 0.214. The number of likely N-dealkylation sites (N-methyl/N-ethyl adjacent to an activating group) is 2. The molecule has 0 aliphatic carbocycles. The first kappa shape index (κ1) is 17.8. The number of aliphatic hydroxyl groups is 1. The average Bonchev–Trinajstić information content (AvgIpc) is 2.43. The maximum absolute atomic E-state index is 10.0. The Kier molecular flexibility index (Phi) is 7.60. The van der Waals surface area contributed by atoms with Crippen LogP contribution in [0.4, 0.5) is 0 Å². The van der Waals surface area contributed by atoms with Crippen molar-refractivity contribution >= 4 is 17.2 Å². The minimum Gasteiger partial charge on any atom is -0.490 e. The summed E-state index contributed by atoms with van der Waals surface area (Å²) < 4.78 is 5.63. The average molecular weight is 311 g/mol. The predicted molar refractivity (Wildman–Crippen MR) is 89.9 cm³/mol. The molecule has 6 heteroatoms. The van der Waals surface area contributed by atoms with E-state index in [1.807, 2.05) is 39.3 Å². The van der Waals surface area contributed by atoms with Crippen LogP contribution in [-0.4, -0.2) is 73.4 Å². The molecular formula is C15H25N3O2S. The summed E-state index contributed by atoms with van der Waals surface area (Å²) in [6, 6.07) is 7.32. The van der Waals surface area contributed by atoms with Crippen molar-refractivity contribution in [2.24, 2.45) is 5.73 Å². The molecule has 0 saturated carbocycles. The fraction of sp³-hybridized carbons (Fsp3) is 0.533. The van der Waals surface area contributed by atoms with Crippen molar-refractivity contribution in [2.45, 2.75) is 6.10 Å². The topological polar surface area (TPSA) is 62.0 Å². The van der Waals surface area contributed by atoms with Gasteiger partial charge in [0.1, 0.15) is 23.4 Å². The standard InChI is InChI=1S/C15H25N3O2S/c1-17(2)8-9-18(3)10-12(19)11-20-14-7-5-4-6-13(14)15(16)21/h4-7,12,19H,8-11H2,1-3H3,(H2,16,21). The van der Waals surface area contributed by atoms with E-state index in [1.54, 1.807) is 6.07 Å². The third-order valence-corrected chi connectivity index (χ3v) is 3.26. The molecule has 21 heavy (non-hydrogen) atoms. The molecule has 0 aliphatic rings. The highest BCUT2D eigenvalue weighted by molar-refractivity contribution is 7.80. The molecule has 0 fully saturated rings. The van der Waals surface area contributed by atoms with E-state index in [1.165, 1.54) is 0 Å². The number of aliphatic hydroxyl groups excluding tert-OH is 1. The predicted octanol–water partition coefficient (Wildman–Crippen LogP) is 0.554. The molecule has 0 saturated heterocycles. The molecule has 0 heterocycles. The molecule has 1 atom stereocenters. The molecule has 0 aromatic heterocycles. The van der Waals surface area contributed by atoms with E-state index in [0.717, 1.165) is 13.1 Å². The van der Waals surface area contributed by atoms with E-state index in [4.69, 9.17) is 22.7 Å². The van der Waals surface area contributed by atoms with Crippen molar-refractivity contribution in [1.82, 2.24) is 9.80 Å². The lowest BCUT2D eigenvalue weighted by atomic mass is 10.2. The van der Waals surface area contributed by atoms with Gasteiger partial charge in [-0.25, -0.2) is 0 Å². The summed E-state index contributed by atoms with van der Waals surface area (Å²) in [4.78, 5) is 4.48. The van der Waals surface area contributed by atoms with Crippen molar-refractivity contribution in [1.29, 1.82) is 0 Å². The van der Waals surface area contributed by atoms with Gasteiger partial charge in [0.15, 0.2) is 0 Å². The molecule has 0 radical (unpaired) electrons. The highest BCUT2D eigenvalue weighted by atomic mass is 32.1. The number of rotatable bonds is 9. The van der Waals surface area contributed by atoms with Gasteiger partial charge in [0.2, 0.25) is 0 Å². The second-order valence-electron chi connectivity index (χ2n) is 5.39. The molecule has 1 unspecified atom stereocenters. The van der Waals surface area contributed by atoms with Gasteiger partial charge in [-0.05, 0) is 33.3 Å². The first-order valence-corrected chi connectivity index (χ1v) is 7.34. The van der Waals surface area contributed by atoms with Crippen LogP contribution in [0.1, 0.15) is 5.56 Å². The number of nitrogens with two attached hydrogens (primary N) is 1. The molecular weight excluding hydrogens is 286 g/mol. The van der Waals surface area contributed by atoms with Gasteiger partial charge in [0.05, 0.1) is 5.56 Å². The number of ether oxygens (including phenoxy) is 1. The van der Waals surface area contributed by atoms with Gasteiger partial charge < -0.3 is 25.4 Å². The van der Waals surface area contributed by atoms with E-state index in [-0.39, 0.29) is 6.61 Å². The van der Waals surface area contributed by atoms with Crippen molar-refractivity contribution < 1.29 is 9.84 Å². The summed E-state index contributed by atoms with van der Waals surface area (Å²) >= 11 is 4.98. The highest BCUT2D eigenvalue weighted by Gasteiger charge is 2.11. The van der Waals surface area contributed by atoms with Gasteiger partial charge in [0.25, 0.3) is 0 Å². The molecule has 1 aromatic rings. The molecule has 3 N–H and O–H groups in total. The molecule has 0 bridgehead atoms. The Morgan fingerprint density at radius 2 is 1.95 bits per heavy atom. The minimum atomic E-state index is -0.559. The van der Waals surface area contributed by atoms with Gasteiger partial charge in [-0.15, -0.1) is 0 Å². The fourth-order valence-electron chi connectivity index (χ4n) is 1.86. The highest BCUT2D eigenvalue weighted by Crippen LogP contribution is 2.17. The third-order valence-electron chi connectivity index (χ3n) is 3.04. The Bertz CT molecular complexity index is 454. The second kappa shape index (κ2) is 8.94. The van der Waals surface area contributed by atoms with Crippen LogP contribution in [0, 0.1) is 0 Å². The Labute approximate surface area is 132 Å². The van der Waals surface area contributed by atoms with E-state index < -0.39 is 6.10 Å². The van der Waals surface area contributed by atoms with Gasteiger partial charge in [-0.1, -0.05) is 24.4 Å². The normalized spacial score (nSPS) is 12.7. The first-order chi connectivity index (χ1) is 9.90. The first-order valence-electron chi connectivity index (χ1n) is 6.93. The van der Waals surface area contributed by atoms with Crippen molar-refractivity contribution in [2.75, 3.05) is 47.4 Å². The van der Waals surface area contributed by atoms with Crippen LogP contribution in [-0.2, 0) is 0 Å². The zero-order valence-electron chi connectivity index (χ0n) is 13.0. The van der Waals surface area contributed by atoms with Gasteiger partial charge >= 0.3 is 0 Å². The Morgan fingerprint density at radius 1 is 1.29 bits per heavy atom. The van der Waals surface area contributed by atoms with Gasteiger partial charge in [-0.2, -0.15) is 0 Å². The zero-order chi connectivity index (χ0) is 15.8. The van der Waals surface area contributed by atoms with Gasteiger partial charge in [-0.3, -0.25) is 0 Å². The number of para-hydroxylation sites is 1. The van der Waals surface area contributed by atoms with Crippen LogP contribution >= 0.6 is 12.2 Å². The molecule has 1 rings (SSSR count). The van der Waals surface area contributed by atoms with Crippen molar-refractivity contribution in [3.8, 4) is 5.75 Å². The summed E-state index contributed by atoms with van der Waals surface area (Å²) in [6.07, 6.45) is -0.559. The zero-order valence-corrected chi connectivity index (χ0v) is 13.8. The molecule has 0 aliphatic heterocycles. The summed E-state index contributed by atoms with van der Waals surface area (Å²) in [5.41, 5.74) is 6.34. The maximum atomic E-state index is 10.0. The van der Waals surface area contributed by atoms with Gasteiger partial charge in [0, 0.05) is 19.6 Å². The summed E-state index contributed by atoms with van der Waals surface area (Å²) in [5.74, 6) is 0.611. The summed E-state index contributed by atoms with van der Waals surface area (Å²) in [6.45, 7) is 2.62. The van der Waals surface area contributed by atoms with Crippen LogP contribution in [0.5, 0.6) is 5.75 Å². The number of nitrogens with zero attached hydrogens (tertiary/aromatic N) is 2. The van der Waals surface area contributed by atoms with Crippen LogP contribution < -0.4 is 10.5 Å². The van der Waals surface area contributed by atoms with E-state index >= 15 is 0 Å². The molecule has 0 spiro atoms. The lowest BCUT2D eigenvalue weighted by Gasteiger charge is -2.22. The largest absolute Gasteiger partial charge is 0.490 e. The monoisotopic (exact) mass is 311 g/mol. The van der Waals surface area contributed by atoms with E-state index in [2.05, 4.69) is 9.80 Å². The SMILES string of the molecule is CN(C)CCN(C)CC(O)COc1ccccc1C(N)=S. The maximum Gasteiger partial charge on any atom is 0.129 e. The third kappa shape index (κ3) is 6.86.